The number of hydrogen-bond acceptors (Lipinski definition) is 33. The first-order valence-electron chi connectivity index (χ1n) is 38.0. The summed E-state index contributed by atoms with van der Waals surface area (Å²) in [7, 11) is 4.57. The van der Waals surface area contributed by atoms with Crippen molar-refractivity contribution in [1.29, 1.82) is 0 Å². The van der Waals surface area contributed by atoms with E-state index in [4.69, 9.17) is 90.0 Å². The van der Waals surface area contributed by atoms with Crippen molar-refractivity contribution < 1.29 is 161 Å². The summed E-state index contributed by atoms with van der Waals surface area (Å²) in [5.41, 5.74) is 0.697. The molecule has 11 fully saturated rings. The lowest BCUT2D eigenvalue weighted by Crippen LogP contribution is -2.62. The van der Waals surface area contributed by atoms with E-state index in [1.54, 1.807) is 41.7 Å². The highest BCUT2D eigenvalue weighted by Crippen LogP contribution is 2.67. The van der Waals surface area contributed by atoms with Gasteiger partial charge in [-0.2, -0.15) is 0 Å². The Morgan fingerprint density at radius 3 is 1.46 bits per heavy atom. The Morgan fingerprint density at radius 2 is 0.905 bits per heavy atom. The van der Waals surface area contributed by atoms with Crippen LogP contribution in [0.25, 0.3) is 0 Å². The van der Waals surface area contributed by atoms with Crippen LogP contribution in [0.5, 0.6) is 0 Å². The van der Waals surface area contributed by atoms with Crippen molar-refractivity contribution in [2.75, 3.05) is 34.5 Å². The Kier molecular flexibility index (Phi) is 27.0. The average molecular weight is 1510 g/mol. The number of fused-ring (bicyclic) bond motifs is 5. The smallest absolute Gasteiger partial charge is 0.187 e. The monoisotopic (exact) mass is 1510 g/mol. The third kappa shape index (κ3) is 16.7. The van der Waals surface area contributed by atoms with Crippen LogP contribution in [0.3, 0.4) is 0 Å². The van der Waals surface area contributed by atoms with Gasteiger partial charge in [0.15, 0.2) is 50.3 Å². The molecule has 0 aromatic carbocycles. The Hall–Kier alpha value is -1.58. The molecule has 606 valence electrons. The zero-order valence-corrected chi connectivity index (χ0v) is 62.1. The summed E-state index contributed by atoms with van der Waals surface area (Å²) >= 11 is 0. The van der Waals surface area contributed by atoms with Gasteiger partial charge in [0.05, 0.1) is 92.6 Å². The van der Waals surface area contributed by atoms with Crippen LogP contribution in [-0.4, -0.2) is 346 Å². The summed E-state index contributed by atoms with van der Waals surface area (Å²) in [6.07, 6.45) is -33.5. The van der Waals surface area contributed by atoms with Crippen molar-refractivity contribution >= 4 is 0 Å². The fourth-order valence-electron chi connectivity index (χ4n) is 19.8. The van der Waals surface area contributed by atoms with E-state index >= 15 is 0 Å². The van der Waals surface area contributed by atoms with Gasteiger partial charge in [0.25, 0.3) is 0 Å². The second-order valence-corrected chi connectivity index (χ2v) is 32.3. The summed E-state index contributed by atoms with van der Waals surface area (Å²) in [4.78, 5) is 0. The molecule has 0 aromatic rings. The molecular weight excluding hydrogens is 1390 g/mol. The van der Waals surface area contributed by atoms with Crippen LogP contribution >= 0.6 is 0 Å². The van der Waals surface area contributed by atoms with Crippen LogP contribution in [0.1, 0.15) is 133 Å². The van der Waals surface area contributed by atoms with Crippen molar-refractivity contribution in [3.05, 3.63) is 11.6 Å². The topological polar surface area (TPSA) is 459 Å². The fraction of sp³-hybridized carbons (Fsp3) is 0.972. The largest absolute Gasteiger partial charge is 0.394 e. The lowest BCUT2D eigenvalue weighted by Gasteiger charge is -2.58. The van der Waals surface area contributed by atoms with Crippen LogP contribution < -0.4 is 0 Å². The molecule has 4 aliphatic carbocycles. The quantitative estimate of drug-likeness (QED) is 0.0527. The second-order valence-electron chi connectivity index (χ2n) is 32.3. The van der Waals surface area contributed by atoms with Crippen molar-refractivity contribution in [1.82, 2.24) is 0 Å². The van der Waals surface area contributed by atoms with Crippen molar-refractivity contribution in [2.45, 2.75) is 372 Å². The maximum atomic E-state index is 12.0. The molecular formula is C72H120O33. The van der Waals surface area contributed by atoms with Gasteiger partial charge >= 0.3 is 0 Å². The number of methoxy groups -OCH3 is 3. The van der Waals surface area contributed by atoms with E-state index in [0.717, 1.165) is 25.7 Å². The number of aliphatic hydroxyl groups is 14. The van der Waals surface area contributed by atoms with Gasteiger partial charge in [0.1, 0.15) is 110 Å². The van der Waals surface area contributed by atoms with Gasteiger partial charge in [-0.15, -0.1) is 0 Å². The predicted molar refractivity (Wildman–Crippen MR) is 356 cm³/mol. The molecule has 8 aliphatic heterocycles. The zero-order valence-electron chi connectivity index (χ0n) is 62.1. The number of ether oxygens (including phenoxy) is 19. The van der Waals surface area contributed by atoms with Crippen LogP contribution in [0, 0.1) is 34.5 Å². The predicted octanol–water partition coefficient (Wildman–Crippen LogP) is -1.88. The molecule has 14 N–H and O–H groups in total. The van der Waals surface area contributed by atoms with E-state index in [1.807, 2.05) is 6.92 Å². The van der Waals surface area contributed by atoms with Gasteiger partial charge < -0.3 is 161 Å². The maximum absolute atomic E-state index is 12.0. The van der Waals surface area contributed by atoms with Crippen LogP contribution in [0.4, 0.5) is 0 Å². The number of allylic oxidation sites excluding steroid dienone is 1. The molecule has 0 aromatic heterocycles. The van der Waals surface area contributed by atoms with Gasteiger partial charge in [-0.1, -0.05) is 25.5 Å². The second kappa shape index (κ2) is 34.2. The first kappa shape index (κ1) is 82.9. The molecule has 8 heterocycles. The average Bonchev–Trinajstić information content (AvgIpc) is 1.64. The van der Waals surface area contributed by atoms with Crippen LogP contribution in [-0.2, 0) is 90.0 Å². The molecule has 8 saturated heterocycles. The summed E-state index contributed by atoms with van der Waals surface area (Å²) < 4.78 is 118. The van der Waals surface area contributed by atoms with Gasteiger partial charge in [-0.05, 0) is 122 Å². The van der Waals surface area contributed by atoms with E-state index < -0.39 is 247 Å². The fourth-order valence-corrected chi connectivity index (χ4v) is 19.8. The van der Waals surface area contributed by atoms with E-state index in [0.29, 0.717) is 19.3 Å². The van der Waals surface area contributed by atoms with Crippen LogP contribution in [0.2, 0.25) is 0 Å². The minimum absolute atomic E-state index is 0.0236. The van der Waals surface area contributed by atoms with E-state index in [1.165, 1.54) is 26.7 Å². The summed E-state index contributed by atoms with van der Waals surface area (Å²) in [6.45, 7) is 15.5. The number of rotatable bonds is 22. The van der Waals surface area contributed by atoms with Crippen molar-refractivity contribution in [3.63, 3.8) is 0 Å². The Morgan fingerprint density at radius 1 is 0.438 bits per heavy atom. The summed E-state index contributed by atoms with van der Waals surface area (Å²) in [5.74, 6) is 0.209. The molecule has 12 aliphatic rings. The Labute approximate surface area is 612 Å². The third-order valence-corrected chi connectivity index (χ3v) is 25.8. The Balaban J connectivity index is 0.605. The highest BCUT2D eigenvalue weighted by molar-refractivity contribution is 5.26. The van der Waals surface area contributed by atoms with Crippen LogP contribution in [0.15, 0.2) is 11.6 Å². The zero-order chi connectivity index (χ0) is 75.7. The first-order chi connectivity index (χ1) is 49.8. The Bertz CT molecular complexity index is 2790. The summed E-state index contributed by atoms with van der Waals surface area (Å²) in [5, 5.41) is 152. The number of hydrogen-bond donors (Lipinski definition) is 14. The minimum Gasteiger partial charge on any atom is -0.394 e. The summed E-state index contributed by atoms with van der Waals surface area (Å²) in [6, 6.07) is 0. The first-order valence-corrected chi connectivity index (χ1v) is 38.0. The highest BCUT2D eigenvalue weighted by atomic mass is 16.8. The SMILES string of the molecule is CO[C@H]1C[C@H](O[C@@H]2[C@@H](O)[C@H](O[C@H]3CC[C@@]4(C)C(=CC[C@@H]5C4CC[C@@]4(C)C5C[C@@H](O[C@@H]5O[C@H](CO[C@@H]6O[C@@H](C)[C@H](O)[C@@H](O)[C@H]6O)[C@@H](O)[C@H](O)[C@H]5O)[C@@H]4[C@H](C)O)C3)O[C@H](C)[C@H]2O)O[C@H](C)[C@H]1O[C@H]1C[C@@H](O)[C@H](O[C@H]2C[C@H](OC)[C@H](O[C@H]3C[C@H](OC)[C@H](O[C@@H]4O[C@H](CO)[C@@H](O)[C@H](O)[C@H]4O)[C@@H](C)O3)[C@@H](C)O2)[C@@H](C)O1. The molecule has 0 amide bonds. The van der Waals surface area contributed by atoms with Crippen molar-refractivity contribution in [2.24, 2.45) is 34.5 Å². The lowest BCUT2D eigenvalue weighted by molar-refractivity contribution is -0.361. The lowest BCUT2D eigenvalue weighted by atomic mass is 9.47. The highest BCUT2D eigenvalue weighted by Gasteiger charge is 2.64. The van der Waals surface area contributed by atoms with Gasteiger partial charge in [-0.3, -0.25) is 0 Å². The molecule has 33 nitrogen and oxygen atoms in total. The molecule has 0 bridgehead atoms. The van der Waals surface area contributed by atoms with E-state index in [9.17, 15) is 71.5 Å². The van der Waals surface area contributed by atoms with E-state index in [2.05, 4.69) is 19.9 Å². The van der Waals surface area contributed by atoms with Gasteiger partial charge in [0.2, 0.25) is 0 Å². The molecule has 0 spiro atoms. The molecule has 45 atom stereocenters. The molecule has 12 rings (SSSR count). The molecule has 33 heteroatoms. The number of aliphatic hydroxyl groups excluding tert-OH is 14. The molecule has 105 heavy (non-hydrogen) atoms. The maximum Gasteiger partial charge on any atom is 0.187 e. The normalized spacial score (nSPS) is 54.4. The minimum atomic E-state index is -1.70. The molecule has 3 saturated carbocycles. The third-order valence-electron chi connectivity index (χ3n) is 25.8. The van der Waals surface area contributed by atoms with Crippen molar-refractivity contribution in [3.8, 4) is 0 Å². The van der Waals surface area contributed by atoms with Gasteiger partial charge in [-0.25, -0.2) is 0 Å². The van der Waals surface area contributed by atoms with E-state index in [-0.39, 0.29) is 66.3 Å². The molecule has 0 radical (unpaired) electrons. The molecule has 2 unspecified atom stereocenters. The standard InChI is InChI=1S/C72H120O33/c1-27(74)50-40(98-68-59(84)57(82)54(79)45(100-68)26-90-67-58(83)55(80)51(76)28(2)95-67)20-38-36-14-13-34-19-35(15-17-71(34,8)37(36)16-18-72(38,50)9)97-70-61(86)66(52(77)29(3)96-70)104-49-23-42(88-11)63(31(5)93-49)102-46-21-39(75)62(30(4)91-46)101-47-22-41(87-10)64(32(6)92-47)103-48-24-43(89-12)65(33(7)94-48)105-69-60(85)56(81)53(78)44(25-73)99-69/h13,27-33,35-70,73-86H,14-26H2,1-12H3/t27-,28-,29+,30+,31+,32+,33+,35-,36+,37?,38?,39+,40+,41-,42-,43-,44+,45+,46-,47-,48-,49-,50-,51-,52+,53+,54+,55+,56-,57-,58+,59+,60+,61+,62+,63+,64+,65+,66-,67+,68+,69-,70-,71-,72-/m0/s1. The van der Waals surface area contributed by atoms with Gasteiger partial charge in [0, 0.05) is 52.9 Å².